The van der Waals surface area contributed by atoms with Gasteiger partial charge in [0, 0.05) is 12.1 Å². The summed E-state index contributed by atoms with van der Waals surface area (Å²) in [6.07, 6.45) is -0.0537. The second-order valence-electron chi connectivity index (χ2n) is 7.80. The Kier molecular flexibility index (Phi) is 7.48. The Labute approximate surface area is 182 Å². The SMILES string of the molecule is CN(C)CCC(NC(=O)C1OCC(=O)N(C)C1c1ccccc1)c1ccc(Cl)cc1. The molecule has 2 aromatic carbocycles. The zero-order chi connectivity index (χ0) is 21.7. The molecule has 0 saturated carbocycles. The quantitative estimate of drug-likeness (QED) is 0.734. The molecule has 30 heavy (non-hydrogen) atoms. The predicted octanol–water partition coefficient (Wildman–Crippen LogP) is 3.05. The van der Waals surface area contributed by atoms with E-state index in [0.29, 0.717) is 5.02 Å². The molecule has 2 amide bonds. The lowest BCUT2D eigenvalue weighted by Gasteiger charge is -2.39. The van der Waals surface area contributed by atoms with Crippen LogP contribution in [0.3, 0.4) is 0 Å². The van der Waals surface area contributed by atoms with Gasteiger partial charge in [0.2, 0.25) is 5.91 Å². The van der Waals surface area contributed by atoms with Crippen LogP contribution in [0.25, 0.3) is 0 Å². The highest BCUT2D eigenvalue weighted by Crippen LogP contribution is 2.30. The summed E-state index contributed by atoms with van der Waals surface area (Å²) in [7, 11) is 5.71. The molecule has 0 radical (unpaired) electrons. The third kappa shape index (κ3) is 5.39. The molecule has 7 heteroatoms. The third-order valence-corrected chi connectivity index (χ3v) is 5.59. The van der Waals surface area contributed by atoms with Crippen LogP contribution in [-0.2, 0) is 14.3 Å². The molecule has 1 saturated heterocycles. The number of halogens is 1. The second-order valence-corrected chi connectivity index (χ2v) is 8.23. The van der Waals surface area contributed by atoms with Gasteiger partial charge in [-0.3, -0.25) is 9.59 Å². The number of morpholine rings is 1. The van der Waals surface area contributed by atoms with E-state index in [0.717, 1.165) is 24.1 Å². The smallest absolute Gasteiger partial charge is 0.252 e. The highest BCUT2D eigenvalue weighted by atomic mass is 35.5. The minimum absolute atomic E-state index is 0.110. The Morgan fingerprint density at radius 2 is 1.87 bits per heavy atom. The zero-order valence-electron chi connectivity index (χ0n) is 17.5. The van der Waals surface area contributed by atoms with Crippen LogP contribution in [0.4, 0.5) is 0 Å². The molecular weight excluding hydrogens is 402 g/mol. The fraction of sp³-hybridized carbons (Fsp3) is 0.391. The normalized spacial score (nSPS) is 20.3. The monoisotopic (exact) mass is 429 g/mol. The van der Waals surface area contributed by atoms with Crippen LogP contribution >= 0.6 is 11.6 Å². The summed E-state index contributed by atoms with van der Waals surface area (Å²) in [4.78, 5) is 29.2. The number of likely N-dealkylation sites (N-methyl/N-ethyl adjacent to an activating group) is 1. The van der Waals surface area contributed by atoms with Gasteiger partial charge >= 0.3 is 0 Å². The van der Waals surface area contributed by atoms with Crippen molar-refractivity contribution in [3.8, 4) is 0 Å². The van der Waals surface area contributed by atoms with Gasteiger partial charge in [-0.25, -0.2) is 0 Å². The minimum Gasteiger partial charge on any atom is -0.356 e. The summed E-state index contributed by atoms with van der Waals surface area (Å²) in [5.74, 6) is -0.378. The van der Waals surface area contributed by atoms with Crippen molar-refractivity contribution < 1.29 is 14.3 Å². The average Bonchev–Trinajstić information content (AvgIpc) is 2.74. The van der Waals surface area contributed by atoms with Crippen LogP contribution < -0.4 is 5.32 Å². The first-order chi connectivity index (χ1) is 14.4. The first kappa shape index (κ1) is 22.3. The van der Waals surface area contributed by atoms with Crippen LogP contribution in [0.1, 0.15) is 29.6 Å². The number of hydrogen-bond acceptors (Lipinski definition) is 4. The minimum atomic E-state index is -0.788. The maximum atomic E-state index is 13.3. The van der Waals surface area contributed by atoms with E-state index in [1.54, 1.807) is 11.9 Å². The molecule has 3 rings (SSSR count). The van der Waals surface area contributed by atoms with E-state index in [-0.39, 0.29) is 24.5 Å². The number of ether oxygens (including phenoxy) is 1. The standard InChI is InChI=1S/C23H28ClN3O3/c1-26(2)14-13-19(16-9-11-18(24)12-10-16)25-23(29)22-21(17-7-5-4-6-8-17)27(3)20(28)15-30-22/h4-12,19,21-22H,13-15H2,1-3H3,(H,25,29). The van der Waals surface area contributed by atoms with E-state index < -0.39 is 12.1 Å². The molecule has 1 aliphatic rings. The van der Waals surface area contributed by atoms with Gasteiger partial charge in [-0.15, -0.1) is 0 Å². The fourth-order valence-corrected chi connectivity index (χ4v) is 3.76. The van der Waals surface area contributed by atoms with Gasteiger partial charge in [0.1, 0.15) is 6.61 Å². The Morgan fingerprint density at radius 3 is 2.50 bits per heavy atom. The van der Waals surface area contributed by atoms with Crippen molar-refractivity contribution in [3.05, 3.63) is 70.7 Å². The van der Waals surface area contributed by atoms with Crippen molar-refractivity contribution in [1.82, 2.24) is 15.1 Å². The van der Waals surface area contributed by atoms with Crippen molar-refractivity contribution in [2.45, 2.75) is 24.6 Å². The molecule has 0 aromatic heterocycles. The van der Waals surface area contributed by atoms with Crippen LogP contribution in [0, 0.1) is 0 Å². The number of benzene rings is 2. The molecule has 1 fully saturated rings. The van der Waals surface area contributed by atoms with E-state index >= 15 is 0 Å². The summed E-state index contributed by atoms with van der Waals surface area (Å²) in [5, 5.41) is 3.79. The zero-order valence-corrected chi connectivity index (χ0v) is 18.3. The van der Waals surface area contributed by atoms with Crippen LogP contribution in [-0.4, -0.2) is 62.0 Å². The molecule has 3 unspecified atom stereocenters. The van der Waals surface area contributed by atoms with Crippen LogP contribution in [0.5, 0.6) is 0 Å². The molecule has 6 nitrogen and oxygen atoms in total. The Hall–Kier alpha value is -2.41. The van der Waals surface area contributed by atoms with Crippen molar-refractivity contribution >= 4 is 23.4 Å². The number of carbonyl (C=O) groups excluding carboxylic acids is 2. The molecule has 160 valence electrons. The second kappa shape index (κ2) is 10.1. The third-order valence-electron chi connectivity index (χ3n) is 5.34. The average molecular weight is 430 g/mol. The molecule has 1 heterocycles. The topological polar surface area (TPSA) is 61.9 Å². The summed E-state index contributed by atoms with van der Waals surface area (Å²) in [6.45, 7) is 0.695. The maximum Gasteiger partial charge on any atom is 0.252 e. The van der Waals surface area contributed by atoms with Crippen molar-refractivity contribution in [2.24, 2.45) is 0 Å². The lowest BCUT2D eigenvalue weighted by molar-refractivity contribution is -0.162. The number of rotatable bonds is 7. The number of carbonyl (C=O) groups is 2. The number of nitrogens with one attached hydrogen (secondary N) is 1. The number of hydrogen-bond donors (Lipinski definition) is 1. The van der Waals surface area contributed by atoms with Gasteiger partial charge < -0.3 is 19.9 Å². The lowest BCUT2D eigenvalue weighted by atomic mass is 9.96. The summed E-state index contributed by atoms with van der Waals surface area (Å²) < 4.78 is 5.74. The van der Waals surface area contributed by atoms with Crippen molar-refractivity contribution in [1.29, 1.82) is 0 Å². The lowest BCUT2D eigenvalue weighted by Crippen LogP contribution is -2.53. The van der Waals surface area contributed by atoms with E-state index in [1.807, 2.05) is 68.7 Å². The van der Waals surface area contributed by atoms with Crippen LogP contribution in [0.15, 0.2) is 54.6 Å². The summed E-state index contributed by atoms with van der Waals surface area (Å²) in [6, 6.07) is 16.3. The van der Waals surface area contributed by atoms with Crippen molar-refractivity contribution in [2.75, 3.05) is 34.3 Å². The highest BCUT2D eigenvalue weighted by molar-refractivity contribution is 6.30. The molecule has 0 aliphatic carbocycles. The Morgan fingerprint density at radius 1 is 1.20 bits per heavy atom. The maximum absolute atomic E-state index is 13.3. The number of nitrogens with zero attached hydrogens (tertiary/aromatic N) is 2. The molecule has 0 spiro atoms. The largest absolute Gasteiger partial charge is 0.356 e. The Balaban J connectivity index is 1.83. The molecular formula is C23H28ClN3O3. The molecule has 3 atom stereocenters. The molecule has 2 aromatic rings. The fourth-order valence-electron chi connectivity index (χ4n) is 3.64. The van der Waals surface area contributed by atoms with E-state index in [2.05, 4.69) is 10.2 Å². The summed E-state index contributed by atoms with van der Waals surface area (Å²) >= 11 is 6.03. The van der Waals surface area contributed by atoms with Gasteiger partial charge in [0.25, 0.3) is 5.91 Å². The first-order valence-corrected chi connectivity index (χ1v) is 10.4. The predicted molar refractivity (Wildman–Crippen MR) is 117 cm³/mol. The van der Waals surface area contributed by atoms with Crippen LogP contribution in [0.2, 0.25) is 5.02 Å². The van der Waals surface area contributed by atoms with Gasteiger partial charge in [-0.05, 0) is 50.3 Å². The highest BCUT2D eigenvalue weighted by Gasteiger charge is 2.40. The van der Waals surface area contributed by atoms with Crippen molar-refractivity contribution in [3.63, 3.8) is 0 Å². The van der Waals surface area contributed by atoms with E-state index in [4.69, 9.17) is 16.3 Å². The van der Waals surface area contributed by atoms with Gasteiger partial charge in [0.15, 0.2) is 6.10 Å². The first-order valence-electron chi connectivity index (χ1n) is 9.99. The van der Waals surface area contributed by atoms with Gasteiger partial charge in [0.05, 0.1) is 12.1 Å². The Bertz CT molecular complexity index is 858. The van der Waals surface area contributed by atoms with E-state index in [9.17, 15) is 9.59 Å². The van der Waals surface area contributed by atoms with Gasteiger partial charge in [-0.1, -0.05) is 54.1 Å². The molecule has 1 aliphatic heterocycles. The molecule has 1 N–H and O–H groups in total. The summed E-state index contributed by atoms with van der Waals surface area (Å²) in [5.41, 5.74) is 1.84. The van der Waals surface area contributed by atoms with Gasteiger partial charge in [-0.2, -0.15) is 0 Å². The number of amides is 2. The van der Waals surface area contributed by atoms with E-state index in [1.165, 1.54) is 0 Å². The molecule has 0 bridgehead atoms.